The van der Waals surface area contributed by atoms with Gasteiger partial charge in [0.1, 0.15) is 0 Å². The molecule has 1 aliphatic carbocycles. The van der Waals surface area contributed by atoms with Crippen LogP contribution in [0.3, 0.4) is 0 Å². The quantitative estimate of drug-likeness (QED) is 0.377. The van der Waals surface area contributed by atoms with Crippen LogP contribution in [-0.4, -0.2) is 4.98 Å². The van der Waals surface area contributed by atoms with Crippen LogP contribution < -0.4 is 0 Å². The first-order chi connectivity index (χ1) is 11.9. The molecule has 0 saturated heterocycles. The van der Waals surface area contributed by atoms with Crippen molar-refractivity contribution in [2.75, 3.05) is 0 Å². The first-order valence-electron chi connectivity index (χ1n) is 8.82. The minimum Gasteiger partial charge on any atom is -0.247 e. The number of nitrogens with zero attached hydrogens (tertiary/aromatic N) is 1. The van der Waals surface area contributed by atoms with Gasteiger partial charge in [-0.3, -0.25) is 0 Å². The van der Waals surface area contributed by atoms with Gasteiger partial charge in [0.25, 0.3) is 0 Å². The van der Waals surface area contributed by atoms with E-state index in [-0.39, 0.29) is 0 Å². The predicted molar refractivity (Wildman–Crippen MR) is 102 cm³/mol. The Morgan fingerprint density at radius 2 is 1.71 bits per heavy atom. The number of fused-ring (bicyclic) bond motifs is 4. The monoisotopic (exact) mass is 309 g/mol. The van der Waals surface area contributed by atoms with Crippen molar-refractivity contribution in [3.63, 3.8) is 0 Å². The summed E-state index contributed by atoms with van der Waals surface area (Å²) >= 11 is 0. The fraction of sp³-hybridized carbons (Fsp3) is 0.174. The van der Waals surface area contributed by atoms with Gasteiger partial charge in [0.2, 0.25) is 0 Å². The molecule has 5 rings (SSSR count). The van der Waals surface area contributed by atoms with E-state index in [4.69, 9.17) is 4.98 Å². The summed E-state index contributed by atoms with van der Waals surface area (Å²) in [5.74, 6) is 0. The third-order valence-electron chi connectivity index (χ3n) is 5.18. The van der Waals surface area contributed by atoms with E-state index in [1.165, 1.54) is 56.9 Å². The third kappa shape index (κ3) is 1.85. The predicted octanol–water partition coefficient (Wildman–Crippen LogP) is 6.38. The van der Waals surface area contributed by atoms with Crippen LogP contribution in [0.2, 0.25) is 0 Å². The largest absolute Gasteiger partial charge is 0.247 e. The number of aromatic nitrogens is 1. The molecule has 0 aliphatic heterocycles. The lowest BCUT2D eigenvalue weighted by Crippen LogP contribution is -1.92. The minimum absolute atomic E-state index is 1.09. The van der Waals surface area contributed by atoms with E-state index in [1.54, 1.807) is 0 Å². The molecule has 0 atom stereocenters. The Hall–Kier alpha value is -2.67. The zero-order valence-electron chi connectivity index (χ0n) is 13.8. The van der Waals surface area contributed by atoms with Gasteiger partial charge in [-0.25, -0.2) is 4.98 Å². The lowest BCUT2D eigenvalue weighted by atomic mass is 9.96. The first-order valence-corrected chi connectivity index (χ1v) is 8.82. The van der Waals surface area contributed by atoms with Crippen molar-refractivity contribution in [3.8, 4) is 22.4 Å². The molecule has 116 valence electrons. The molecule has 0 saturated carbocycles. The SMILES string of the molecule is CCCCc1ccc2cccc3c2c1-c1nc2ccccc2cc1-3. The van der Waals surface area contributed by atoms with E-state index >= 15 is 0 Å². The molecular weight excluding hydrogens is 290 g/mol. The Morgan fingerprint density at radius 3 is 2.62 bits per heavy atom. The Labute approximate surface area is 142 Å². The Morgan fingerprint density at radius 1 is 0.833 bits per heavy atom. The number of aryl methyl sites for hydroxylation is 1. The summed E-state index contributed by atoms with van der Waals surface area (Å²) < 4.78 is 0. The van der Waals surface area contributed by atoms with Crippen LogP contribution in [0.15, 0.2) is 60.7 Å². The van der Waals surface area contributed by atoms with Gasteiger partial charge < -0.3 is 0 Å². The van der Waals surface area contributed by atoms with Crippen LogP contribution in [-0.2, 0) is 6.42 Å². The minimum atomic E-state index is 1.09. The number of hydrogen-bond donors (Lipinski definition) is 0. The lowest BCUT2D eigenvalue weighted by molar-refractivity contribution is 0.797. The molecule has 1 heteroatoms. The summed E-state index contributed by atoms with van der Waals surface area (Å²) in [6.45, 7) is 2.26. The summed E-state index contributed by atoms with van der Waals surface area (Å²) in [5.41, 5.74) is 7.71. The topological polar surface area (TPSA) is 12.9 Å². The van der Waals surface area contributed by atoms with Crippen molar-refractivity contribution in [2.45, 2.75) is 26.2 Å². The van der Waals surface area contributed by atoms with Crippen LogP contribution in [0.4, 0.5) is 0 Å². The van der Waals surface area contributed by atoms with Crippen LogP contribution in [0.25, 0.3) is 44.1 Å². The van der Waals surface area contributed by atoms with Crippen molar-refractivity contribution in [3.05, 3.63) is 66.2 Å². The second kappa shape index (κ2) is 5.17. The second-order valence-electron chi connectivity index (χ2n) is 6.68. The maximum Gasteiger partial charge on any atom is 0.0797 e. The summed E-state index contributed by atoms with van der Waals surface area (Å²) in [6.07, 6.45) is 3.57. The highest BCUT2D eigenvalue weighted by atomic mass is 14.7. The fourth-order valence-electron chi connectivity index (χ4n) is 4.00. The summed E-state index contributed by atoms with van der Waals surface area (Å²) in [4.78, 5) is 5.06. The van der Waals surface area contributed by atoms with Crippen LogP contribution >= 0.6 is 0 Å². The average Bonchev–Trinajstić information content (AvgIpc) is 2.95. The molecule has 1 aliphatic rings. The van der Waals surface area contributed by atoms with Gasteiger partial charge in [-0.05, 0) is 46.9 Å². The van der Waals surface area contributed by atoms with Crippen molar-refractivity contribution in [1.82, 2.24) is 4.98 Å². The van der Waals surface area contributed by atoms with E-state index in [1.807, 2.05) is 0 Å². The maximum atomic E-state index is 5.06. The van der Waals surface area contributed by atoms with Gasteiger partial charge in [0, 0.05) is 16.5 Å². The van der Waals surface area contributed by atoms with Gasteiger partial charge in [-0.1, -0.05) is 61.9 Å². The standard InChI is InChI=1S/C23H19N/c1-2-3-7-16-13-12-15-9-6-10-18-19-14-17-8-4-5-11-20(17)24-23(19)22(16)21(15)18/h4-6,8-14H,2-3,7H2,1H3. The third-order valence-corrected chi connectivity index (χ3v) is 5.18. The highest BCUT2D eigenvalue weighted by Gasteiger charge is 2.25. The maximum absolute atomic E-state index is 5.06. The number of hydrogen-bond acceptors (Lipinski definition) is 1. The van der Waals surface area contributed by atoms with E-state index in [0.29, 0.717) is 0 Å². The summed E-state index contributed by atoms with van der Waals surface area (Å²) in [6, 6.07) is 22.0. The second-order valence-corrected chi connectivity index (χ2v) is 6.68. The zero-order valence-corrected chi connectivity index (χ0v) is 13.8. The molecule has 0 spiro atoms. The van der Waals surface area contributed by atoms with Crippen molar-refractivity contribution in [2.24, 2.45) is 0 Å². The average molecular weight is 309 g/mol. The Bertz CT molecular complexity index is 1090. The molecule has 0 bridgehead atoms. The van der Waals surface area contributed by atoms with Gasteiger partial charge >= 0.3 is 0 Å². The number of benzene rings is 3. The Balaban J connectivity index is 1.89. The highest BCUT2D eigenvalue weighted by Crippen LogP contribution is 2.48. The molecule has 1 aromatic heterocycles. The van der Waals surface area contributed by atoms with Crippen molar-refractivity contribution in [1.29, 1.82) is 0 Å². The molecule has 0 fully saturated rings. The highest BCUT2D eigenvalue weighted by molar-refractivity contribution is 6.16. The van der Waals surface area contributed by atoms with Gasteiger partial charge in [-0.2, -0.15) is 0 Å². The normalized spacial score (nSPS) is 12.0. The number of pyridine rings is 1. The molecule has 1 heterocycles. The van der Waals surface area contributed by atoms with E-state index < -0.39 is 0 Å². The van der Waals surface area contributed by atoms with Gasteiger partial charge in [-0.15, -0.1) is 0 Å². The van der Waals surface area contributed by atoms with Gasteiger partial charge in [0.05, 0.1) is 11.2 Å². The van der Waals surface area contributed by atoms with E-state index in [2.05, 4.69) is 67.6 Å². The van der Waals surface area contributed by atoms with E-state index in [0.717, 1.165) is 11.9 Å². The van der Waals surface area contributed by atoms with Crippen molar-refractivity contribution >= 4 is 21.7 Å². The van der Waals surface area contributed by atoms with Crippen LogP contribution in [0.5, 0.6) is 0 Å². The molecule has 0 radical (unpaired) electrons. The fourth-order valence-corrected chi connectivity index (χ4v) is 4.00. The lowest BCUT2D eigenvalue weighted by Gasteiger charge is -2.10. The number of unbranched alkanes of at least 4 members (excludes halogenated alkanes) is 1. The number of rotatable bonds is 3. The summed E-state index contributed by atoms with van der Waals surface area (Å²) in [7, 11) is 0. The van der Waals surface area contributed by atoms with Crippen molar-refractivity contribution < 1.29 is 0 Å². The van der Waals surface area contributed by atoms with Crippen LogP contribution in [0.1, 0.15) is 25.3 Å². The first kappa shape index (κ1) is 13.7. The molecule has 0 unspecified atom stereocenters. The summed E-state index contributed by atoms with van der Waals surface area (Å²) in [5, 5.41) is 3.94. The molecule has 0 N–H and O–H groups in total. The smallest absolute Gasteiger partial charge is 0.0797 e. The van der Waals surface area contributed by atoms with Crippen LogP contribution in [0, 0.1) is 0 Å². The molecule has 4 aromatic rings. The molecule has 24 heavy (non-hydrogen) atoms. The molecule has 1 nitrogen and oxygen atoms in total. The molecule has 3 aromatic carbocycles. The van der Waals surface area contributed by atoms with E-state index in [9.17, 15) is 0 Å². The Kier molecular flexibility index (Phi) is 2.96. The zero-order chi connectivity index (χ0) is 16.1. The number of para-hydroxylation sites is 1. The molecular formula is C23H19N. The van der Waals surface area contributed by atoms with Gasteiger partial charge in [0.15, 0.2) is 0 Å². The molecule has 0 amide bonds.